The maximum atomic E-state index is 14.0. The van der Waals surface area contributed by atoms with Gasteiger partial charge in [0.2, 0.25) is 11.8 Å². The van der Waals surface area contributed by atoms with Crippen molar-refractivity contribution in [1.82, 2.24) is 0 Å². The van der Waals surface area contributed by atoms with Gasteiger partial charge >= 0.3 is 6.09 Å². The lowest BCUT2D eigenvalue weighted by Gasteiger charge is -2.20. The van der Waals surface area contributed by atoms with Crippen LogP contribution in [-0.2, 0) is 20.7 Å². The Morgan fingerprint density at radius 1 is 1.09 bits per heavy atom. The predicted octanol–water partition coefficient (Wildman–Crippen LogP) is 4.86. The first-order chi connectivity index (χ1) is 15.6. The summed E-state index contributed by atoms with van der Waals surface area (Å²) in [6.07, 6.45) is 1.02. The molecule has 2 aromatic carbocycles. The average molecular weight is 458 g/mol. The number of fused-ring (bicyclic) bond motifs is 1. The topological polar surface area (TPSA) is 106 Å². The van der Waals surface area contributed by atoms with E-state index in [9.17, 15) is 18.8 Å². The minimum Gasteiger partial charge on any atom is -0.494 e. The molecular weight excluding hydrogens is 429 g/mol. The van der Waals surface area contributed by atoms with Crippen LogP contribution in [0.3, 0.4) is 0 Å². The van der Waals surface area contributed by atoms with Gasteiger partial charge < -0.3 is 20.1 Å². The largest absolute Gasteiger partial charge is 0.494 e. The molecule has 3 rings (SSSR count). The van der Waals surface area contributed by atoms with Gasteiger partial charge in [-0.25, -0.2) is 9.18 Å². The standard InChI is InChI=1S/C24H28FN3O5/c1-24(2,3)33-23(31)28-20-14-16(7-9-18(20)25)26-21(29)5-4-12-32-17-8-10-19-15(13-17)6-11-22(30)27-19/h7-10,13-14H,4-6,11-12H2,1-3H3,(H,26,29)(H,27,30)(H,28,31). The van der Waals surface area contributed by atoms with Crippen LogP contribution in [0.1, 0.15) is 45.6 Å². The molecule has 1 aliphatic rings. The summed E-state index contributed by atoms with van der Waals surface area (Å²) in [6, 6.07) is 9.39. The van der Waals surface area contributed by atoms with Crippen LogP contribution in [0.2, 0.25) is 0 Å². The summed E-state index contributed by atoms with van der Waals surface area (Å²) in [5.41, 5.74) is 1.37. The summed E-state index contributed by atoms with van der Waals surface area (Å²) < 4.78 is 24.8. The molecule has 0 fully saturated rings. The average Bonchev–Trinajstić information content (AvgIpc) is 2.72. The van der Waals surface area contributed by atoms with Gasteiger partial charge in [-0.05, 0) is 75.6 Å². The summed E-state index contributed by atoms with van der Waals surface area (Å²) >= 11 is 0. The van der Waals surface area contributed by atoms with Crippen LogP contribution in [0.4, 0.5) is 26.2 Å². The summed E-state index contributed by atoms with van der Waals surface area (Å²) in [7, 11) is 0. The van der Waals surface area contributed by atoms with E-state index in [4.69, 9.17) is 9.47 Å². The van der Waals surface area contributed by atoms with Crippen LogP contribution in [0, 0.1) is 5.82 Å². The smallest absolute Gasteiger partial charge is 0.412 e. The SMILES string of the molecule is CC(C)(C)OC(=O)Nc1cc(NC(=O)CCCOc2ccc3c(c2)CCC(=O)N3)ccc1F. The molecule has 0 radical (unpaired) electrons. The van der Waals surface area contributed by atoms with Crippen LogP contribution < -0.4 is 20.7 Å². The first kappa shape index (κ1) is 24.0. The molecule has 9 heteroatoms. The van der Waals surface area contributed by atoms with Crippen molar-refractivity contribution in [3.63, 3.8) is 0 Å². The second-order valence-electron chi connectivity index (χ2n) is 8.69. The fourth-order valence-electron chi connectivity index (χ4n) is 3.21. The highest BCUT2D eigenvalue weighted by atomic mass is 19.1. The molecule has 0 saturated heterocycles. The molecule has 0 saturated carbocycles. The molecule has 0 atom stereocenters. The second kappa shape index (κ2) is 10.3. The van der Waals surface area contributed by atoms with Gasteiger partial charge in [0.1, 0.15) is 17.2 Å². The zero-order valence-corrected chi connectivity index (χ0v) is 18.9. The molecule has 3 N–H and O–H groups in total. The highest BCUT2D eigenvalue weighted by Gasteiger charge is 2.18. The van der Waals surface area contributed by atoms with Crippen molar-refractivity contribution >= 4 is 35.0 Å². The monoisotopic (exact) mass is 457 g/mol. The van der Waals surface area contributed by atoms with Gasteiger partial charge in [0.25, 0.3) is 0 Å². The van der Waals surface area contributed by atoms with E-state index in [0.717, 1.165) is 17.3 Å². The molecule has 3 amide bonds. The van der Waals surface area contributed by atoms with E-state index in [1.54, 1.807) is 26.8 Å². The number of aryl methyl sites for hydroxylation is 1. The number of amides is 3. The molecule has 1 aliphatic heterocycles. The van der Waals surface area contributed by atoms with E-state index in [2.05, 4.69) is 16.0 Å². The molecule has 33 heavy (non-hydrogen) atoms. The Kier molecular flexibility index (Phi) is 7.52. The minimum absolute atomic E-state index is 0.0103. The molecular formula is C24H28FN3O5. The van der Waals surface area contributed by atoms with Crippen molar-refractivity contribution in [3.8, 4) is 5.75 Å². The Hall–Kier alpha value is -3.62. The van der Waals surface area contributed by atoms with Crippen molar-refractivity contribution < 1.29 is 28.2 Å². The van der Waals surface area contributed by atoms with E-state index in [0.29, 0.717) is 37.3 Å². The fraction of sp³-hybridized carbons (Fsp3) is 0.375. The number of anilines is 3. The molecule has 0 aromatic heterocycles. The van der Waals surface area contributed by atoms with Gasteiger partial charge in [0.05, 0.1) is 12.3 Å². The molecule has 0 unspecified atom stereocenters. The predicted molar refractivity (Wildman–Crippen MR) is 123 cm³/mol. The van der Waals surface area contributed by atoms with Crippen LogP contribution in [0.25, 0.3) is 0 Å². The van der Waals surface area contributed by atoms with Crippen molar-refractivity contribution in [2.24, 2.45) is 0 Å². The van der Waals surface area contributed by atoms with E-state index < -0.39 is 17.5 Å². The Morgan fingerprint density at radius 3 is 2.64 bits per heavy atom. The Labute approximate surface area is 191 Å². The number of hydrogen-bond donors (Lipinski definition) is 3. The number of nitrogens with one attached hydrogen (secondary N) is 3. The summed E-state index contributed by atoms with van der Waals surface area (Å²) in [5.74, 6) is -0.212. The van der Waals surface area contributed by atoms with E-state index in [1.807, 2.05) is 12.1 Å². The van der Waals surface area contributed by atoms with Gasteiger partial charge in [-0.3, -0.25) is 14.9 Å². The van der Waals surface area contributed by atoms with Gasteiger partial charge in [0.15, 0.2) is 0 Å². The van der Waals surface area contributed by atoms with Gasteiger partial charge in [0, 0.05) is 24.2 Å². The molecule has 0 aliphatic carbocycles. The van der Waals surface area contributed by atoms with Crippen molar-refractivity contribution in [2.75, 3.05) is 22.6 Å². The zero-order valence-electron chi connectivity index (χ0n) is 18.9. The van der Waals surface area contributed by atoms with Crippen LogP contribution >= 0.6 is 0 Å². The van der Waals surface area contributed by atoms with Gasteiger partial charge in [-0.15, -0.1) is 0 Å². The van der Waals surface area contributed by atoms with Crippen molar-refractivity contribution in [3.05, 3.63) is 47.8 Å². The van der Waals surface area contributed by atoms with E-state index in [1.165, 1.54) is 12.1 Å². The number of halogens is 1. The highest BCUT2D eigenvalue weighted by Crippen LogP contribution is 2.27. The number of ether oxygens (including phenoxy) is 2. The van der Waals surface area contributed by atoms with E-state index >= 15 is 0 Å². The van der Waals surface area contributed by atoms with Crippen LogP contribution in [-0.4, -0.2) is 30.1 Å². The second-order valence-corrected chi connectivity index (χ2v) is 8.69. The number of carbonyl (C=O) groups excluding carboxylic acids is 3. The van der Waals surface area contributed by atoms with Crippen LogP contribution in [0.15, 0.2) is 36.4 Å². The number of benzene rings is 2. The summed E-state index contributed by atoms with van der Waals surface area (Å²) in [5, 5.41) is 7.84. The lowest BCUT2D eigenvalue weighted by atomic mass is 10.0. The third kappa shape index (κ3) is 7.48. The fourth-order valence-corrected chi connectivity index (χ4v) is 3.21. The Morgan fingerprint density at radius 2 is 1.88 bits per heavy atom. The molecule has 1 heterocycles. The highest BCUT2D eigenvalue weighted by molar-refractivity contribution is 5.94. The Balaban J connectivity index is 1.45. The maximum Gasteiger partial charge on any atom is 0.412 e. The summed E-state index contributed by atoms with van der Waals surface area (Å²) in [6.45, 7) is 5.45. The first-order valence-corrected chi connectivity index (χ1v) is 10.7. The summed E-state index contributed by atoms with van der Waals surface area (Å²) in [4.78, 5) is 35.5. The van der Waals surface area contributed by atoms with E-state index in [-0.39, 0.29) is 23.9 Å². The zero-order chi connectivity index (χ0) is 24.0. The molecule has 0 spiro atoms. The third-order valence-corrected chi connectivity index (χ3v) is 4.67. The Bertz CT molecular complexity index is 1050. The quantitative estimate of drug-likeness (QED) is 0.515. The number of hydrogen-bond acceptors (Lipinski definition) is 5. The lowest BCUT2D eigenvalue weighted by molar-refractivity contribution is -0.117. The van der Waals surface area contributed by atoms with Gasteiger partial charge in [-0.2, -0.15) is 0 Å². The molecule has 2 aromatic rings. The first-order valence-electron chi connectivity index (χ1n) is 10.7. The van der Waals surface area contributed by atoms with Gasteiger partial charge in [-0.1, -0.05) is 0 Å². The number of carbonyl (C=O) groups is 3. The van der Waals surface area contributed by atoms with Crippen molar-refractivity contribution in [1.29, 1.82) is 0 Å². The minimum atomic E-state index is -0.786. The molecule has 0 bridgehead atoms. The number of rotatable bonds is 7. The lowest BCUT2D eigenvalue weighted by Crippen LogP contribution is -2.27. The molecule has 176 valence electrons. The maximum absolute atomic E-state index is 14.0. The van der Waals surface area contributed by atoms with Crippen LogP contribution in [0.5, 0.6) is 5.75 Å². The molecule has 8 nitrogen and oxygen atoms in total. The van der Waals surface area contributed by atoms with Crippen molar-refractivity contribution in [2.45, 2.75) is 52.1 Å². The normalized spacial score (nSPS) is 12.9. The third-order valence-electron chi connectivity index (χ3n) is 4.67.